The molecular formula is C25H33N5. The van der Waals surface area contributed by atoms with Crippen LogP contribution < -0.4 is 0 Å². The van der Waals surface area contributed by atoms with E-state index < -0.39 is 0 Å². The number of pyridine rings is 1. The second-order valence-electron chi connectivity index (χ2n) is 8.88. The van der Waals surface area contributed by atoms with Gasteiger partial charge in [-0.2, -0.15) is 0 Å². The number of hydrogen-bond acceptors (Lipinski definition) is 4. The van der Waals surface area contributed by atoms with Crippen LogP contribution in [0.25, 0.3) is 11.0 Å². The molecule has 2 aromatic heterocycles. The fourth-order valence-electron chi connectivity index (χ4n) is 5.24. The highest BCUT2D eigenvalue weighted by Crippen LogP contribution is 2.33. The monoisotopic (exact) mass is 403 g/mol. The normalized spacial score (nSPS) is 20.0. The average molecular weight is 404 g/mol. The highest BCUT2D eigenvalue weighted by Gasteiger charge is 2.28. The Balaban J connectivity index is 1.34. The van der Waals surface area contributed by atoms with Gasteiger partial charge in [-0.15, -0.1) is 0 Å². The Kier molecular flexibility index (Phi) is 6.09. The van der Waals surface area contributed by atoms with Gasteiger partial charge >= 0.3 is 0 Å². The minimum absolute atomic E-state index is 0.393. The van der Waals surface area contributed by atoms with Crippen LogP contribution in [0, 0.1) is 0 Å². The third-order valence-corrected chi connectivity index (χ3v) is 6.77. The van der Waals surface area contributed by atoms with Crippen LogP contribution in [-0.4, -0.2) is 50.9 Å². The van der Waals surface area contributed by atoms with E-state index in [0.717, 1.165) is 36.4 Å². The summed E-state index contributed by atoms with van der Waals surface area (Å²) in [5.41, 5.74) is 4.91. The number of benzene rings is 1. The van der Waals surface area contributed by atoms with Gasteiger partial charge in [0.05, 0.1) is 29.3 Å². The van der Waals surface area contributed by atoms with E-state index in [4.69, 9.17) is 9.97 Å². The zero-order valence-corrected chi connectivity index (χ0v) is 17.9. The van der Waals surface area contributed by atoms with E-state index in [9.17, 15) is 0 Å². The summed E-state index contributed by atoms with van der Waals surface area (Å²) in [5.74, 6) is 1.07. The molecule has 5 nitrogen and oxygen atoms in total. The van der Waals surface area contributed by atoms with Crippen LogP contribution in [0.4, 0.5) is 0 Å². The van der Waals surface area contributed by atoms with E-state index in [1.54, 1.807) is 0 Å². The summed E-state index contributed by atoms with van der Waals surface area (Å²) < 4.78 is 0. The standard InChI is InChI=1S/C25H33N5/c1-4-15-29(16-5-1)17-8-18-30(19-24-27-21-11-2-3-12-22(21)28-24)23-13-6-9-20-10-7-14-26-25(20)23/h2-3,7,10-12,14,23H,1,4-6,8-9,13,15-19H2,(H,27,28)/t23-/m0/s1. The molecule has 1 atom stereocenters. The van der Waals surface area contributed by atoms with Gasteiger partial charge in [0.1, 0.15) is 5.82 Å². The second kappa shape index (κ2) is 9.27. The van der Waals surface area contributed by atoms with Gasteiger partial charge in [-0.1, -0.05) is 24.6 Å². The predicted molar refractivity (Wildman–Crippen MR) is 121 cm³/mol. The highest BCUT2D eigenvalue weighted by atomic mass is 15.2. The quantitative estimate of drug-likeness (QED) is 0.620. The lowest BCUT2D eigenvalue weighted by Crippen LogP contribution is -2.36. The number of nitrogens with one attached hydrogen (secondary N) is 1. The summed E-state index contributed by atoms with van der Waals surface area (Å²) in [6.07, 6.45) is 10.9. The Labute approximate surface area is 179 Å². The molecular weight excluding hydrogens is 370 g/mol. The zero-order valence-electron chi connectivity index (χ0n) is 17.9. The smallest absolute Gasteiger partial charge is 0.121 e. The first kappa shape index (κ1) is 19.7. The topological polar surface area (TPSA) is 48.1 Å². The lowest BCUT2D eigenvalue weighted by molar-refractivity contribution is 0.145. The maximum Gasteiger partial charge on any atom is 0.121 e. The molecule has 3 heterocycles. The lowest BCUT2D eigenvalue weighted by atomic mass is 9.90. The number of hydrogen-bond donors (Lipinski definition) is 1. The molecule has 1 fully saturated rings. The Bertz CT molecular complexity index is 926. The van der Waals surface area contributed by atoms with Crippen LogP contribution >= 0.6 is 0 Å². The third-order valence-electron chi connectivity index (χ3n) is 6.77. The lowest BCUT2D eigenvalue weighted by Gasteiger charge is -2.35. The molecule has 1 saturated heterocycles. The maximum atomic E-state index is 4.87. The molecule has 1 aromatic carbocycles. The molecule has 5 heteroatoms. The van der Waals surface area contributed by atoms with Crippen molar-refractivity contribution in [3.63, 3.8) is 0 Å². The van der Waals surface area contributed by atoms with Gasteiger partial charge in [0.2, 0.25) is 0 Å². The van der Waals surface area contributed by atoms with Crippen molar-refractivity contribution in [2.45, 2.75) is 57.5 Å². The number of piperidine rings is 1. The summed E-state index contributed by atoms with van der Waals surface area (Å²) in [7, 11) is 0. The molecule has 0 amide bonds. The fraction of sp³-hybridized carbons (Fsp3) is 0.520. The van der Waals surface area contributed by atoms with Crippen LogP contribution in [0.5, 0.6) is 0 Å². The van der Waals surface area contributed by atoms with E-state index in [1.807, 2.05) is 6.20 Å². The van der Waals surface area contributed by atoms with E-state index in [2.05, 4.69) is 51.2 Å². The van der Waals surface area contributed by atoms with E-state index in [-0.39, 0.29) is 0 Å². The van der Waals surface area contributed by atoms with Gasteiger partial charge in [-0.05, 0) is 81.9 Å². The number of rotatable bonds is 7. The predicted octanol–water partition coefficient (Wildman–Crippen LogP) is 4.71. The molecule has 0 spiro atoms. The molecule has 0 radical (unpaired) electrons. The van der Waals surface area contributed by atoms with Crippen molar-refractivity contribution in [1.82, 2.24) is 24.8 Å². The Morgan fingerprint density at radius 3 is 2.83 bits per heavy atom. The van der Waals surface area contributed by atoms with E-state index >= 15 is 0 Å². The summed E-state index contributed by atoms with van der Waals surface area (Å²) in [6.45, 7) is 5.71. The number of aromatic nitrogens is 3. The van der Waals surface area contributed by atoms with Crippen LogP contribution in [0.1, 0.15) is 61.6 Å². The first-order chi connectivity index (χ1) is 14.9. The average Bonchev–Trinajstić information content (AvgIpc) is 3.21. The van der Waals surface area contributed by atoms with Crippen molar-refractivity contribution in [2.24, 2.45) is 0 Å². The summed E-state index contributed by atoms with van der Waals surface area (Å²) >= 11 is 0. The Morgan fingerprint density at radius 1 is 1.03 bits per heavy atom. The molecule has 0 saturated carbocycles. The number of para-hydroxylation sites is 2. The van der Waals surface area contributed by atoms with Gasteiger partial charge in [0.15, 0.2) is 0 Å². The molecule has 5 rings (SSSR count). The van der Waals surface area contributed by atoms with Crippen LogP contribution in [-0.2, 0) is 13.0 Å². The first-order valence-electron chi connectivity index (χ1n) is 11.7. The Hall–Kier alpha value is -2.24. The number of imidazole rings is 1. The molecule has 0 unspecified atom stereocenters. The molecule has 1 aliphatic carbocycles. The SMILES string of the molecule is c1cnc2c(c1)CCC[C@@H]2N(CCCN1CCCCC1)Cc1nc2ccccc2[nH]1. The highest BCUT2D eigenvalue weighted by molar-refractivity contribution is 5.74. The number of nitrogens with zero attached hydrogens (tertiary/aromatic N) is 4. The van der Waals surface area contributed by atoms with Crippen molar-refractivity contribution in [3.05, 3.63) is 59.7 Å². The van der Waals surface area contributed by atoms with Gasteiger partial charge in [0, 0.05) is 12.7 Å². The van der Waals surface area contributed by atoms with Gasteiger partial charge in [-0.3, -0.25) is 9.88 Å². The number of aromatic amines is 1. The van der Waals surface area contributed by atoms with Crippen molar-refractivity contribution in [2.75, 3.05) is 26.2 Å². The van der Waals surface area contributed by atoms with E-state index in [0.29, 0.717) is 6.04 Å². The van der Waals surface area contributed by atoms with Crippen LogP contribution in [0.15, 0.2) is 42.6 Å². The number of likely N-dealkylation sites (tertiary alicyclic amines) is 1. The summed E-state index contributed by atoms with van der Waals surface area (Å²) in [5, 5.41) is 0. The molecule has 1 N–H and O–H groups in total. The molecule has 2 aliphatic rings. The molecule has 30 heavy (non-hydrogen) atoms. The minimum atomic E-state index is 0.393. The van der Waals surface area contributed by atoms with Crippen molar-refractivity contribution in [1.29, 1.82) is 0 Å². The Morgan fingerprint density at radius 2 is 1.93 bits per heavy atom. The largest absolute Gasteiger partial charge is 0.341 e. The van der Waals surface area contributed by atoms with Crippen molar-refractivity contribution >= 4 is 11.0 Å². The number of fused-ring (bicyclic) bond motifs is 2. The second-order valence-corrected chi connectivity index (χ2v) is 8.88. The molecule has 3 aromatic rings. The maximum absolute atomic E-state index is 4.87. The van der Waals surface area contributed by atoms with E-state index in [1.165, 1.54) is 69.4 Å². The third kappa shape index (κ3) is 4.42. The van der Waals surface area contributed by atoms with Gasteiger partial charge in [0.25, 0.3) is 0 Å². The number of H-pyrrole nitrogens is 1. The van der Waals surface area contributed by atoms with Crippen molar-refractivity contribution in [3.8, 4) is 0 Å². The zero-order chi connectivity index (χ0) is 20.2. The van der Waals surface area contributed by atoms with Crippen molar-refractivity contribution < 1.29 is 0 Å². The van der Waals surface area contributed by atoms with Gasteiger partial charge in [-0.25, -0.2) is 4.98 Å². The molecule has 158 valence electrons. The fourth-order valence-corrected chi connectivity index (χ4v) is 5.24. The minimum Gasteiger partial charge on any atom is -0.341 e. The van der Waals surface area contributed by atoms with Crippen LogP contribution in [0.2, 0.25) is 0 Å². The first-order valence-corrected chi connectivity index (χ1v) is 11.7. The number of aryl methyl sites for hydroxylation is 1. The molecule has 0 bridgehead atoms. The summed E-state index contributed by atoms with van der Waals surface area (Å²) in [6, 6.07) is 13.1. The molecule has 1 aliphatic heterocycles. The van der Waals surface area contributed by atoms with Crippen LogP contribution in [0.3, 0.4) is 0 Å². The van der Waals surface area contributed by atoms with Gasteiger partial charge < -0.3 is 9.88 Å². The summed E-state index contributed by atoms with van der Waals surface area (Å²) in [4.78, 5) is 18.5.